The van der Waals surface area contributed by atoms with Gasteiger partial charge in [-0.3, -0.25) is 9.13 Å². The zero-order valence-corrected chi connectivity index (χ0v) is 40.0. The van der Waals surface area contributed by atoms with Gasteiger partial charge in [-0.15, -0.1) is 20.4 Å². The summed E-state index contributed by atoms with van der Waals surface area (Å²) in [6.45, 7) is 12.7. The molecule has 0 aromatic carbocycles. The van der Waals surface area contributed by atoms with Crippen molar-refractivity contribution in [2.45, 2.75) is 115 Å². The van der Waals surface area contributed by atoms with Crippen LogP contribution < -0.4 is 20.4 Å². The van der Waals surface area contributed by atoms with E-state index in [1.54, 1.807) is 9.13 Å². The predicted molar refractivity (Wildman–Crippen MR) is 247 cm³/mol. The molecule has 4 fully saturated rings. The van der Waals surface area contributed by atoms with Crippen molar-refractivity contribution in [2.75, 3.05) is 87.9 Å². The van der Waals surface area contributed by atoms with Crippen LogP contribution in [0.2, 0.25) is 0 Å². The molecule has 4 aliphatic heterocycles. The summed E-state index contributed by atoms with van der Waals surface area (Å²) in [5, 5.41) is 77.0. The molecule has 6 aromatic heterocycles. The number of nitrogens with zero attached hydrogens (tertiary/aromatic N) is 20. The number of ether oxygens (including phenoxy) is 2. The second kappa shape index (κ2) is 18.5. The molecule has 6 aromatic rings. The lowest BCUT2D eigenvalue weighted by Gasteiger charge is -2.27. The highest BCUT2D eigenvalue weighted by Crippen LogP contribution is 2.41. The number of tetrazole rings is 2. The van der Waals surface area contributed by atoms with Crippen molar-refractivity contribution in [3.8, 4) is 0 Å². The molecule has 10 atom stereocenters. The third-order valence-electron chi connectivity index (χ3n) is 13.7. The number of aryl methyl sites for hydroxylation is 2. The molecular weight excluding hydrogens is 897 g/mol. The van der Waals surface area contributed by atoms with Gasteiger partial charge in [0.15, 0.2) is 58.6 Å². The number of hydrogen-bond donors (Lipinski definition) is 6. The molecule has 10 heterocycles. The number of imidazole rings is 2. The van der Waals surface area contributed by atoms with E-state index >= 15 is 0 Å². The Morgan fingerprint density at radius 1 is 0.638 bits per heavy atom. The zero-order valence-electron chi connectivity index (χ0n) is 40.0. The highest BCUT2D eigenvalue weighted by Gasteiger charge is 2.49. The van der Waals surface area contributed by atoms with Crippen LogP contribution in [0.4, 0.5) is 23.5 Å². The lowest BCUT2D eigenvalue weighted by atomic mass is 9.93. The topological polar surface area (TPSA) is 311 Å². The van der Waals surface area contributed by atoms with E-state index in [1.807, 2.05) is 13.8 Å². The number of nitrogens with one attached hydrogen (secondary N) is 2. The zero-order chi connectivity index (χ0) is 48.5. The Hall–Kier alpha value is -5.88. The number of aliphatic hydroxyl groups excluding tert-OH is 4. The first-order valence-electron chi connectivity index (χ1n) is 23.5. The van der Waals surface area contributed by atoms with Crippen molar-refractivity contribution in [3.63, 3.8) is 0 Å². The highest BCUT2D eigenvalue weighted by atomic mass is 16.6. The van der Waals surface area contributed by atoms with Gasteiger partial charge in [-0.05, 0) is 70.7 Å². The van der Waals surface area contributed by atoms with Gasteiger partial charge in [0.05, 0.1) is 25.7 Å². The number of hydrogen-bond acceptors (Lipinski definition) is 24. The van der Waals surface area contributed by atoms with Crippen LogP contribution in [0.1, 0.15) is 76.8 Å². The average Bonchev–Trinajstić information content (AvgIpc) is 4.19. The van der Waals surface area contributed by atoms with E-state index in [1.165, 1.54) is 22.2 Å². The fourth-order valence-electron chi connectivity index (χ4n) is 9.32. The van der Waals surface area contributed by atoms with Gasteiger partial charge in [0.1, 0.15) is 24.4 Å². The first-order chi connectivity index (χ1) is 33.1. The summed E-state index contributed by atoms with van der Waals surface area (Å²) in [6, 6.07) is 0.613. The predicted octanol–water partition coefficient (Wildman–Crippen LogP) is -1.21. The minimum atomic E-state index is -1.35. The molecule has 28 nitrogen and oxygen atoms in total. The van der Waals surface area contributed by atoms with Crippen molar-refractivity contribution in [2.24, 2.45) is 5.41 Å². The SMILES string of the molecule is CCn1nnc([C@H]2O[C@@H](n3cnc4c(NCC(C)(C)CNc5nc(N6CC[C@@H](N(C)C)C6)nc6c5ncn6[C@@H]5O[C@H](c6nnn(CC)n6)[C@@H](O)[C@H]5O)nc(N5CC[C@@H](N(C)C)C5)nc43)[C@H](O)[C@@H]2O)n1. The molecule has 0 amide bonds. The van der Waals surface area contributed by atoms with Gasteiger partial charge in [0.2, 0.25) is 23.5 Å². The average molecular weight is 959 g/mol. The van der Waals surface area contributed by atoms with Crippen molar-refractivity contribution < 1.29 is 29.9 Å². The van der Waals surface area contributed by atoms with Crippen molar-refractivity contribution >= 4 is 45.9 Å². The van der Waals surface area contributed by atoms with Crippen LogP contribution in [0, 0.1) is 5.41 Å². The molecule has 0 bridgehead atoms. The molecule has 0 aliphatic carbocycles. The summed E-state index contributed by atoms with van der Waals surface area (Å²) in [6.07, 6.45) is -4.61. The summed E-state index contributed by atoms with van der Waals surface area (Å²) in [5.74, 6) is 2.30. The summed E-state index contributed by atoms with van der Waals surface area (Å²) in [7, 11) is 8.25. The highest BCUT2D eigenvalue weighted by molar-refractivity contribution is 5.85. The second-order valence-electron chi connectivity index (χ2n) is 19.5. The fourth-order valence-corrected chi connectivity index (χ4v) is 9.32. The maximum atomic E-state index is 11.4. The Kier molecular flexibility index (Phi) is 12.5. The van der Waals surface area contributed by atoms with Crippen molar-refractivity contribution in [1.29, 1.82) is 0 Å². The van der Waals surface area contributed by atoms with Gasteiger partial charge < -0.3 is 60.1 Å². The Bertz CT molecular complexity index is 2570. The van der Waals surface area contributed by atoms with Gasteiger partial charge >= 0.3 is 0 Å². The van der Waals surface area contributed by atoms with Crippen molar-refractivity contribution in [3.05, 3.63) is 24.3 Å². The summed E-state index contributed by atoms with van der Waals surface area (Å²) >= 11 is 0. The first-order valence-corrected chi connectivity index (χ1v) is 23.5. The minimum Gasteiger partial charge on any atom is -0.387 e. The quantitative estimate of drug-likeness (QED) is 0.0663. The van der Waals surface area contributed by atoms with E-state index in [4.69, 9.17) is 39.4 Å². The van der Waals surface area contributed by atoms with Crippen LogP contribution in [-0.4, -0.2) is 214 Å². The fraction of sp³-hybridized carbons (Fsp3) is 0.707. The smallest absolute Gasteiger partial charge is 0.229 e. The van der Waals surface area contributed by atoms with Crippen LogP contribution in [0.25, 0.3) is 22.3 Å². The number of aromatic nitrogens is 16. The number of anilines is 4. The molecule has 0 unspecified atom stereocenters. The standard InChI is InChI=1S/C41H62N22O6/c1-9-62-52-33(50-54-62)29-25(64)27(66)37(68-29)60-19-44-23-31(46-39(48-35(23)60)58-13-11-21(15-58)56(5)6)42-17-41(3,4)18-43-32-24-36(49-40(47-32)59-14-12-22(16-59)57(7)8)61(20-45-24)38-28(67)26(65)30(69-38)34-51-55-63(10-2)53-34/h19-22,25-30,37-38,64-67H,9-18H2,1-8H3,(H,42,46,48)(H,43,47,49)/t21-,22-,25+,26+,27-,28-,29+,30+,37-,38-/m1/s1. The van der Waals surface area contributed by atoms with Gasteiger partial charge in [-0.1, -0.05) is 13.8 Å². The van der Waals surface area contributed by atoms with E-state index in [9.17, 15) is 20.4 Å². The molecule has 6 N–H and O–H groups in total. The number of fused-ring (bicyclic) bond motifs is 2. The third kappa shape index (κ3) is 8.76. The lowest BCUT2D eigenvalue weighted by molar-refractivity contribution is -0.0384. The Labute approximate surface area is 396 Å². The molecule has 69 heavy (non-hydrogen) atoms. The summed E-state index contributed by atoms with van der Waals surface area (Å²) in [4.78, 5) is 41.0. The van der Waals surface area contributed by atoms with E-state index in [0.29, 0.717) is 97.2 Å². The molecule has 28 heteroatoms. The van der Waals surface area contributed by atoms with E-state index in [0.717, 1.165) is 25.9 Å². The molecular formula is C41H62N22O6. The number of aliphatic hydroxyl groups is 4. The number of rotatable bonds is 16. The van der Waals surface area contributed by atoms with E-state index in [2.05, 4.69) is 103 Å². The van der Waals surface area contributed by atoms with E-state index in [-0.39, 0.29) is 11.6 Å². The summed E-state index contributed by atoms with van der Waals surface area (Å²) < 4.78 is 15.8. The maximum absolute atomic E-state index is 11.4. The molecule has 4 aliphatic rings. The van der Waals surface area contributed by atoms with Crippen LogP contribution in [-0.2, 0) is 22.6 Å². The first kappa shape index (κ1) is 46.8. The van der Waals surface area contributed by atoms with Crippen molar-refractivity contribution in [1.82, 2.24) is 89.3 Å². The van der Waals surface area contributed by atoms with Gasteiger partial charge in [0, 0.05) is 51.4 Å². The van der Waals surface area contributed by atoms with Gasteiger partial charge in [-0.25, -0.2) is 9.97 Å². The van der Waals surface area contributed by atoms with Crippen LogP contribution in [0.3, 0.4) is 0 Å². The molecule has 0 radical (unpaired) electrons. The van der Waals surface area contributed by atoms with Crippen LogP contribution >= 0.6 is 0 Å². The number of likely N-dealkylation sites (N-methyl/N-ethyl adjacent to an activating group) is 2. The largest absolute Gasteiger partial charge is 0.387 e. The monoisotopic (exact) mass is 959 g/mol. The Morgan fingerprint density at radius 2 is 1.06 bits per heavy atom. The molecule has 372 valence electrons. The second-order valence-corrected chi connectivity index (χ2v) is 19.5. The molecule has 4 saturated heterocycles. The minimum absolute atomic E-state index is 0.166. The Morgan fingerprint density at radius 3 is 1.42 bits per heavy atom. The normalized spacial score (nSPS) is 27.7. The third-order valence-corrected chi connectivity index (χ3v) is 13.7. The summed E-state index contributed by atoms with van der Waals surface area (Å²) in [5.41, 5.74) is 1.29. The maximum Gasteiger partial charge on any atom is 0.229 e. The van der Waals surface area contributed by atoms with E-state index < -0.39 is 54.5 Å². The van der Waals surface area contributed by atoms with Crippen LogP contribution in [0.5, 0.6) is 0 Å². The Balaban J connectivity index is 0.923. The molecule has 0 spiro atoms. The molecule has 10 rings (SSSR count). The lowest BCUT2D eigenvalue weighted by Crippen LogP contribution is -2.33. The van der Waals surface area contributed by atoms with Crippen LogP contribution in [0.15, 0.2) is 12.7 Å². The molecule has 0 saturated carbocycles. The van der Waals surface area contributed by atoms with Gasteiger partial charge in [-0.2, -0.15) is 29.5 Å². The van der Waals surface area contributed by atoms with Gasteiger partial charge in [0.25, 0.3) is 0 Å².